The van der Waals surface area contributed by atoms with Gasteiger partial charge < -0.3 is 15.0 Å². The molecule has 2 rings (SSSR count). The molecular weight excluding hydrogens is 354 g/mol. The van der Waals surface area contributed by atoms with E-state index in [-0.39, 0.29) is 18.9 Å². The summed E-state index contributed by atoms with van der Waals surface area (Å²) < 4.78 is 5.15. The van der Waals surface area contributed by atoms with Crippen LogP contribution in [0.1, 0.15) is 32.8 Å². The second-order valence-electron chi connectivity index (χ2n) is 7.47. The smallest absolute Gasteiger partial charge is 0.407 e. The molecule has 0 aliphatic carbocycles. The highest BCUT2D eigenvalue weighted by atomic mass is 35.5. The topological polar surface area (TPSA) is 61.9 Å². The first-order valence-corrected chi connectivity index (χ1v) is 9.32. The van der Waals surface area contributed by atoms with Gasteiger partial charge in [-0.15, -0.1) is 0 Å². The minimum absolute atomic E-state index is 0.0588. The average Bonchev–Trinajstić information content (AvgIpc) is 2.53. The molecule has 0 radical (unpaired) electrons. The molecule has 1 fully saturated rings. The molecule has 1 N–H and O–H groups in total. The van der Waals surface area contributed by atoms with E-state index in [1.165, 1.54) is 5.56 Å². The van der Waals surface area contributed by atoms with Gasteiger partial charge in [-0.2, -0.15) is 0 Å². The van der Waals surface area contributed by atoms with E-state index in [0.717, 1.165) is 24.7 Å². The van der Waals surface area contributed by atoms with Crippen LogP contribution in [0.4, 0.5) is 4.79 Å². The Bertz CT molecular complexity index is 623. The lowest BCUT2D eigenvalue weighted by molar-refractivity contribution is -0.132. The summed E-state index contributed by atoms with van der Waals surface area (Å²) in [7, 11) is 0. The molecule has 0 atom stereocenters. The first-order valence-electron chi connectivity index (χ1n) is 8.94. The van der Waals surface area contributed by atoms with Crippen molar-refractivity contribution in [1.82, 2.24) is 15.1 Å². The Morgan fingerprint density at radius 2 is 1.88 bits per heavy atom. The van der Waals surface area contributed by atoms with Gasteiger partial charge in [-0.25, -0.2) is 4.79 Å². The zero-order chi connectivity index (χ0) is 19.2. The van der Waals surface area contributed by atoms with Gasteiger partial charge in [0.1, 0.15) is 5.60 Å². The molecule has 26 heavy (non-hydrogen) atoms. The van der Waals surface area contributed by atoms with Gasteiger partial charge in [0.05, 0.1) is 0 Å². The lowest BCUT2D eigenvalue weighted by Gasteiger charge is -2.34. The highest BCUT2D eigenvalue weighted by molar-refractivity contribution is 6.30. The maximum atomic E-state index is 12.3. The summed E-state index contributed by atoms with van der Waals surface area (Å²) in [6, 6.07) is 7.86. The van der Waals surface area contributed by atoms with Crippen molar-refractivity contribution in [2.24, 2.45) is 0 Å². The summed E-state index contributed by atoms with van der Waals surface area (Å²) in [6.07, 6.45) is -0.204. The zero-order valence-corrected chi connectivity index (χ0v) is 16.5. The molecule has 6 nitrogen and oxygen atoms in total. The molecule has 0 aromatic heterocycles. The molecule has 1 aliphatic rings. The molecule has 0 saturated carbocycles. The van der Waals surface area contributed by atoms with Crippen LogP contribution in [0.25, 0.3) is 0 Å². The first-order chi connectivity index (χ1) is 12.2. The van der Waals surface area contributed by atoms with Crippen LogP contribution in [0.3, 0.4) is 0 Å². The van der Waals surface area contributed by atoms with Crippen molar-refractivity contribution in [2.75, 3.05) is 32.7 Å². The molecule has 0 unspecified atom stereocenters. The van der Waals surface area contributed by atoms with Crippen molar-refractivity contribution in [3.05, 3.63) is 34.9 Å². The number of amides is 2. The second kappa shape index (κ2) is 9.24. The fraction of sp³-hybridized carbons (Fsp3) is 0.579. The number of benzene rings is 1. The van der Waals surface area contributed by atoms with Crippen molar-refractivity contribution in [2.45, 2.75) is 39.3 Å². The minimum Gasteiger partial charge on any atom is -0.444 e. The number of rotatable bonds is 5. The summed E-state index contributed by atoms with van der Waals surface area (Å²) in [4.78, 5) is 28.0. The van der Waals surface area contributed by atoms with Crippen molar-refractivity contribution in [3.8, 4) is 0 Å². The predicted molar refractivity (Wildman–Crippen MR) is 102 cm³/mol. The Kier molecular flexibility index (Phi) is 7.29. The van der Waals surface area contributed by atoms with Gasteiger partial charge in [0.15, 0.2) is 0 Å². The van der Waals surface area contributed by atoms with Crippen LogP contribution in [0.2, 0.25) is 5.02 Å². The van der Waals surface area contributed by atoms with Gasteiger partial charge in [0.2, 0.25) is 5.91 Å². The molecule has 144 valence electrons. The SMILES string of the molecule is CC(C)(C)OC(=O)NCCC(=O)N1CCN(Cc2cccc(Cl)c2)CC1. The summed E-state index contributed by atoms with van der Waals surface area (Å²) in [5.41, 5.74) is 0.645. The number of nitrogens with zero attached hydrogens (tertiary/aromatic N) is 2. The van der Waals surface area contributed by atoms with Crippen LogP contribution in [0.5, 0.6) is 0 Å². The third-order valence-corrected chi connectivity index (χ3v) is 4.26. The molecule has 0 spiro atoms. The Labute approximate surface area is 160 Å². The normalized spacial score (nSPS) is 15.6. The Hall–Kier alpha value is -1.79. The molecule has 1 aromatic carbocycles. The van der Waals surface area contributed by atoms with Crippen molar-refractivity contribution in [1.29, 1.82) is 0 Å². The second-order valence-corrected chi connectivity index (χ2v) is 7.90. The van der Waals surface area contributed by atoms with E-state index in [1.54, 1.807) is 20.8 Å². The molecule has 2 amide bonds. The lowest BCUT2D eigenvalue weighted by Crippen LogP contribution is -2.48. The van der Waals surface area contributed by atoms with Gasteiger partial charge in [0.25, 0.3) is 0 Å². The van der Waals surface area contributed by atoms with E-state index in [9.17, 15) is 9.59 Å². The van der Waals surface area contributed by atoms with Gasteiger partial charge in [0, 0.05) is 50.7 Å². The number of hydrogen-bond acceptors (Lipinski definition) is 4. The van der Waals surface area contributed by atoms with Crippen LogP contribution in [-0.2, 0) is 16.1 Å². The van der Waals surface area contributed by atoms with E-state index in [0.29, 0.717) is 13.1 Å². The van der Waals surface area contributed by atoms with Crippen molar-refractivity contribution < 1.29 is 14.3 Å². The fourth-order valence-corrected chi connectivity index (χ4v) is 3.01. The van der Waals surface area contributed by atoms with Gasteiger partial charge in [-0.3, -0.25) is 9.69 Å². The molecule has 1 aromatic rings. The van der Waals surface area contributed by atoms with Crippen LogP contribution < -0.4 is 5.32 Å². The number of alkyl carbamates (subject to hydrolysis) is 1. The third kappa shape index (κ3) is 7.22. The number of carbonyl (C=O) groups excluding carboxylic acids is 2. The predicted octanol–water partition coefficient (Wildman–Crippen LogP) is 2.90. The Balaban J connectivity index is 1.67. The molecular formula is C19H28ClN3O3. The molecule has 0 bridgehead atoms. The highest BCUT2D eigenvalue weighted by Crippen LogP contribution is 2.14. The van der Waals surface area contributed by atoms with Crippen LogP contribution in [0, 0.1) is 0 Å². The van der Waals surface area contributed by atoms with Crippen molar-refractivity contribution >= 4 is 23.6 Å². The van der Waals surface area contributed by atoms with Crippen LogP contribution in [0.15, 0.2) is 24.3 Å². The van der Waals surface area contributed by atoms with Crippen molar-refractivity contribution in [3.63, 3.8) is 0 Å². The lowest BCUT2D eigenvalue weighted by atomic mass is 10.2. The summed E-state index contributed by atoms with van der Waals surface area (Å²) in [5, 5.41) is 3.37. The van der Waals surface area contributed by atoms with Crippen LogP contribution in [-0.4, -0.2) is 60.1 Å². The first kappa shape index (κ1) is 20.5. The minimum atomic E-state index is -0.534. The maximum absolute atomic E-state index is 12.3. The number of halogens is 1. The molecule has 1 heterocycles. The van der Waals surface area contributed by atoms with E-state index in [4.69, 9.17) is 16.3 Å². The summed E-state index contributed by atoms with van der Waals surface area (Å²) in [6.45, 7) is 9.61. The standard InChI is InChI=1S/C19H28ClN3O3/c1-19(2,3)26-18(25)21-8-7-17(24)23-11-9-22(10-12-23)14-15-5-4-6-16(20)13-15/h4-6,13H,7-12,14H2,1-3H3,(H,21,25). The number of ether oxygens (including phenoxy) is 1. The van der Waals surface area contributed by atoms with E-state index in [1.807, 2.05) is 23.1 Å². The quantitative estimate of drug-likeness (QED) is 0.851. The van der Waals surface area contributed by atoms with Gasteiger partial charge in [-0.1, -0.05) is 23.7 Å². The average molecular weight is 382 g/mol. The Morgan fingerprint density at radius 1 is 1.19 bits per heavy atom. The number of hydrogen-bond donors (Lipinski definition) is 1. The number of nitrogens with one attached hydrogen (secondary N) is 1. The van der Waals surface area contributed by atoms with E-state index >= 15 is 0 Å². The third-order valence-electron chi connectivity index (χ3n) is 4.03. The summed E-state index contributed by atoms with van der Waals surface area (Å²) in [5.74, 6) is 0.0588. The monoisotopic (exact) mass is 381 g/mol. The number of carbonyl (C=O) groups is 2. The van der Waals surface area contributed by atoms with E-state index in [2.05, 4.69) is 16.3 Å². The zero-order valence-electron chi connectivity index (χ0n) is 15.8. The van der Waals surface area contributed by atoms with Gasteiger partial charge >= 0.3 is 6.09 Å². The van der Waals surface area contributed by atoms with Crippen LogP contribution >= 0.6 is 11.6 Å². The van der Waals surface area contributed by atoms with E-state index < -0.39 is 11.7 Å². The van der Waals surface area contributed by atoms with Gasteiger partial charge in [-0.05, 0) is 38.5 Å². The summed E-state index contributed by atoms with van der Waals surface area (Å²) >= 11 is 6.02. The fourth-order valence-electron chi connectivity index (χ4n) is 2.79. The molecule has 7 heteroatoms. The number of piperazine rings is 1. The molecule has 1 aliphatic heterocycles. The maximum Gasteiger partial charge on any atom is 0.407 e. The Morgan fingerprint density at radius 3 is 2.50 bits per heavy atom. The highest BCUT2D eigenvalue weighted by Gasteiger charge is 2.21. The largest absolute Gasteiger partial charge is 0.444 e. The molecule has 1 saturated heterocycles.